The molecule has 2 rings (SSSR count). The smallest absolute Gasteiger partial charge is 0.148 e. The molecule has 1 N–H and O–H groups in total. The van der Waals surface area contributed by atoms with Crippen molar-refractivity contribution in [3.8, 4) is 18.1 Å². The molecule has 0 unspecified atom stereocenters. The predicted octanol–water partition coefficient (Wildman–Crippen LogP) is 4.58. The fourth-order valence-corrected chi connectivity index (χ4v) is 2.36. The first-order valence-electron chi connectivity index (χ1n) is 6.76. The summed E-state index contributed by atoms with van der Waals surface area (Å²) in [5.74, 6) is 3.04. The van der Waals surface area contributed by atoms with Gasteiger partial charge >= 0.3 is 0 Å². The second kappa shape index (κ2) is 7.06. The summed E-state index contributed by atoms with van der Waals surface area (Å²) in [5, 5.41) is 3.99. The average molecular weight is 300 g/mol. The van der Waals surface area contributed by atoms with E-state index in [0.29, 0.717) is 17.3 Å². The number of ether oxygens (including phenoxy) is 1. The van der Waals surface area contributed by atoms with E-state index in [2.05, 4.69) is 43.3 Å². The summed E-state index contributed by atoms with van der Waals surface area (Å²) in [5.41, 5.74) is 4.71. The van der Waals surface area contributed by atoms with Crippen molar-refractivity contribution in [2.75, 3.05) is 11.9 Å². The Kier molecular flexibility index (Phi) is 5.14. The summed E-state index contributed by atoms with van der Waals surface area (Å²) in [6.45, 7) is 5.11. The molecule has 0 aliphatic rings. The maximum Gasteiger partial charge on any atom is 0.148 e. The van der Waals surface area contributed by atoms with Crippen LogP contribution in [0.25, 0.3) is 0 Å². The lowest BCUT2D eigenvalue weighted by atomic mass is 10.1. The molecular formula is C18H18ClNO. The van der Waals surface area contributed by atoms with Crippen LogP contribution >= 0.6 is 11.6 Å². The Morgan fingerprint density at radius 2 is 2.00 bits per heavy atom. The molecule has 0 bridgehead atoms. The molecule has 108 valence electrons. The van der Waals surface area contributed by atoms with Crippen LogP contribution in [0.2, 0.25) is 5.02 Å². The fraction of sp³-hybridized carbons (Fsp3) is 0.222. The minimum Gasteiger partial charge on any atom is -0.479 e. The first-order chi connectivity index (χ1) is 10.1. The van der Waals surface area contributed by atoms with Crippen LogP contribution in [0.15, 0.2) is 36.4 Å². The van der Waals surface area contributed by atoms with Gasteiger partial charge in [-0.2, -0.15) is 0 Å². The van der Waals surface area contributed by atoms with E-state index in [1.165, 1.54) is 11.1 Å². The molecule has 3 heteroatoms. The minimum absolute atomic E-state index is 0.222. The maximum absolute atomic E-state index is 6.18. The van der Waals surface area contributed by atoms with Gasteiger partial charge in [-0.25, -0.2) is 0 Å². The molecule has 2 aromatic carbocycles. The first kappa shape index (κ1) is 15.3. The monoisotopic (exact) mass is 299 g/mol. The number of aryl methyl sites for hydroxylation is 2. The molecule has 2 nitrogen and oxygen atoms in total. The van der Waals surface area contributed by atoms with Gasteiger partial charge in [0.15, 0.2) is 0 Å². The Hall–Kier alpha value is -2.11. The van der Waals surface area contributed by atoms with Crippen molar-refractivity contribution in [1.82, 2.24) is 0 Å². The fourth-order valence-electron chi connectivity index (χ4n) is 2.10. The summed E-state index contributed by atoms with van der Waals surface area (Å²) >= 11 is 6.18. The van der Waals surface area contributed by atoms with E-state index in [1.54, 1.807) is 0 Å². The number of rotatable bonds is 5. The third-order valence-electron chi connectivity index (χ3n) is 3.17. The van der Waals surface area contributed by atoms with Crippen molar-refractivity contribution in [2.45, 2.75) is 20.4 Å². The molecule has 0 heterocycles. The summed E-state index contributed by atoms with van der Waals surface area (Å²) in [4.78, 5) is 0. The zero-order valence-electron chi connectivity index (χ0n) is 12.2. The van der Waals surface area contributed by atoms with Crippen molar-refractivity contribution < 1.29 is 4.74 Å². The topological polar surface area (TPSA) is 21.3 Å². The second-order valence-electron chi connectivity index (χ2n) is 4.93. The number of hydrogen-bond donors (Lipinski definition) is 1. The summed E-state index contributed by atoms with van der Waals surface area (Å²) < 4.78 is 5.35. The normalized spacial score (nSPS) is 10.0. The zero-order chi connectivity index (χ0) is 15.2. The van der Waals surface area contributed by atoms with E-state index in [4.69, 9.17) is 22.8 Å². The van der Waals surface area contributed by atoms with E-state index >= 15 is 0 Å². The average Bonchev–Trinajstić information content (AvgIpc) is 2.45. The Morgan fingerprint density at radius 3 is 2.67 bits per heavy atom. The summed E-state index contributed by atoms with van der Waals surface area (Å²) in [6, 6.07) is 12.1. The zero-order valence-corrected chi connectivity index (χ0v) is 13.0. The van der Waals surface area contributed by atoms with E-state index in [1.807, 2.05) is 18.2 Å². The van der Waals surface area contributed by atoms with Crippen molar-refractivity contribution >= 4 is 17.3 Å². The van der Waals surface area contributed by atoms with Gasteiger partial charge in [0.25, 0.3) is 0 Å². The number of anilines is 1. The molecule has 0 atom stereocenters. The lowest BCUT2D eigenvalue weighted by molar-refractivity contribution is 0.370. The maximum atomic E-state index is 6.18. The van der Waals surface area contributed by atoms with Crippen LogP contribution in [-0.2, 0) is 6.54 Å². The highest BCUT2D eigenvalue weighted by Gasteiger charge is 2.04. The Balaban J connectivity index is 2.03. The van der Waals surface area contributed by atoms with Gasteiger partial charge in [0.1, 0.15) is 12.4 Å². The first-order valence-corrected chi connectivity index (χ1v) is 7.14. The van der Waals surface area contributed by atoms with Gasteiger partial charge in [-0.05, 0) is 43.2 Å². The van der Waals surface area contributed by atoms with E-state index in [0.717, 1.165) is 11.3 Å². The van der Waals surface area contributed by atoms with Crippen LogP contribution in [0.1, 0.15) is 16.7 Å². The number of halogens is 1. The number of hydrogen-bond acceptors (Lipinski definition) is 2. The highest BCUT2D eigenvalue weighted by Crippen LogP contribution is 2.26. The lowest BCUT2D eigenvalue weighted by Crippen LogP contribution is -2.02. The van der Waals surface area contributed by atoms with Gasteiger partial charge in [-0.15, -0.1) is 6.42 Å². The third-order valence-corrected chi connectivity index (χ3v) is 3.47. The number of nitrogens with one attached hydrogen (secondary N) is 1. The second-order valence-corrected chi connectivity index (χ2v) is 5.34. The quantitative estimate of drug-likeness (QED) is 0.816. The van der Waals surface area contributed by atoms with Crippen LogP contribution in [-0.4, -0.2) is 6.61 Å². The molecule has 2 aromatic rings. The van der Waals surface area contributed by atoms with Crippen molar-refractivity contribution in [3.05, 3.63) is 58.1 Å². The van der Waals surface area contributed by atoms with Gasteiger partial charge in [-0.1, -0.05) is 41.3 Å². The van der Waals surface area contributed by atoms with E-state index < -0.39 is 0 Å². The van der Waals surface area contributed by atoms with Gasteiger partial charge in [0.2, 0.25) is 0 Å². The SMILES string of the molecule is C#CCOc1ccc(CNc2ccc(C)cc2C)cc1Cl. The lowest BCUT2D eigenvalue weighted by Gasteiger charge is -2.12. The molecule has 0 aromatic heterocycles. The summed E-state index contributed by atoms with van der Waals surface area (Å²) in [6.07, 6.45) is 5.17. The van der Waals surface area contributed by atoms with Crippen molar-refractivity contribution in [2.24, 2.45) is 0 Å². The number of terminal acetylenes is 1. The number of benzene rings is 2. The van der Waals surface area contributed by atoms with Crippen LogP contribution < -0.4 is 10.1 Å². The van der Waals surface area contributed by atoms with Gasteiger partial charge in [0, 0.05) is 12.2 Å². The van der Waals surface area contributed by atoms with Crippen LogP contribution in [0.4, 0.5) is 5.69 Å². The van der Waals surface area contributed by atoms with Crippen molar-refractivity contribution in [1.29, 1.82) is 0 Å². The molecule has 0 spiro atoms. The van der Waals surface area contributed by atoms with Crippen LogP contribution in [0.3, 0.4) is 0 Å². The Morgan fingerprint density at radius 1 is 1.19 bits per heavy atom. The molecule has 0 radical (unpaired) electrons. The van der Waals surface area contributed by atoms with E-state index in [-0.39, 0.29) is 6.61 Å². The Bertz CT molecular complexity index is 673. The predicted molar refractivity (Wildman–Crippen MR) is 89.0 cm³/mol. The molecular weight excluding hydrogens is 282 g/mol. The molecule has 0 saturated heterocycles. The molecule has 0 saturated carbocycles. The van der Waals surface area contributed by atoms with Crippen molar-refractivity contribution in [3.63, 3.8) is 0 Å². The third kappa shape index (κ3) is 4.18. The molecule has 0 aliphatic heterocycles. The van der Waals surface area contributed by atoms with Crippen LogP contribution in [0.5, 0.6) is 5.75 Å². The van der Waals surface area contributed by atoms with Crippen LogP contribution in [0, 0.1) is 26.2 Å². The standard InChI is InChI=1S/C18H18ClNO/c1-4-9-21-18-8-6-15(11-16(18)19)12-20-17-7-5-13(2)10-14(17)3/h1,5-8,10-11,20H,9,12H2,2-3H3. The summed E-state index contributed by atoms with van der Waals surface area (Å²) in [7, 11) is 0. The Labute approximate surface area is 131 Å². The molecule has 0 aliphatic carbocycles. The minimum atomic E-state index is 0.222. The largest absolute Gasteiger partial charge is 0.479 e. The van der Waals surface area contributed by atoms with Gasteiger partial charge < -0.3 is 10.1 Å². The van der Waals surface area contributed by atoms with Gasteiger partial charge in [0.05, 0.1) is 5.02 Å². The molecule has 21 heavy (non-hydrogen) atoms. The molecule has 0 fully saturated rings. The molecule has 0 amide bonds. The highest BCUT2D eigenvalue weighted by atomic mass is 35.5. The van der Waals surface area contributed by atoms with Gasteiger partial charge in [-0.3, -0.25) is 0 Å². The van der Waals surface area contributed by atoms with E-state index in [9.17, 15) is 0 Å². The highest BCUT2D eigenvalue weighted by molar-refractivity contribution is 6.32.